The highest BCUT2D eigenvalue weighted by Gasteiger charge is 2.33. The van der Waals surface area contributed by atoms with Crippen molar-refractivity contribution < 1.29 is 23.5 Å². The molecule has 0 aliphatic heterocycles. The summed E-state index contributed by atoms with van der Waals surface area (Å²) in [5.41, 5.74) is 2.06. The van der Waals surface area contributed by atoms with E-state index < -0.39 is 17.8 Å². The number of ether oxygens (including phenoxy) is 1. The fourth-order valence-electron chi connectivity index (χ4n) is 4.60. The Bertz CT molecular complexity index is 990. The van der Waals surface area contributed by atoms with E-state index in [1.807, 2.05) is 0 Å². The summed E-state index contributed by atoms with van der Waals surface area (Å²) in [6.45, 7) is 5.61. The molecule has 1 aromatic carbocycles. The summed E-state index contributed by atoms with van der Waals surface area (Å²) >= 11 is 0. The number of hydrogen-bond acceptors (Lipinski definition) is 4. The third kappa shape index (κ3) is 4.92. The number of benzene rings is 1. The van der Waals surface area contributed by atoms with Crippen LogP contribution in [0.5, 0.6) is 0 Å². The second-order valence-corrected chi connectivity index (χ2v) is 8.63. The first-order valence-corrected chi connectivity index (χ1v) is 11.1. The van der Waals surface area contributed by atoms with Crippen LogP contribution in [0.3, 0.4) is 0 Å². The lowest BCUT2D eigenvalue weighted by Crippen LogP contribution is -2.46. The average molecular weight is 443 g/mol. The number of aryl methyl sites for hydroxylation is 1. The summed E-state index contributed by atoms with van der Waals surface area (Å²) < 4.78 is 18.2. The first kappa shape index (κ1) is 23.7. The Hall–Kier alpha value is -2.96. The molecule has 1 fully saturated rings. The number of nitrogens with one attached hydrogen (secondary N) is 1. The van der Waals surface area contributed by atoms with Gasteiger partial charge in [0.1, 0.15) is 11.5 Å². The van der Waals surface area contributed by atoms with Crippen molar-refractivity contribution in [2.75, 3.05) is 13.7 Å². The average Bonchev–Trinajstić information content (AvgIpc) is 3.10. The molecule has 1 amide bonds. The molecule has 1 atom stereocenters. The normalized spacial score (nSPS) is 15.3. The van der Waals surface area contributed by atoms with Crippen LogP contribution in [-0.2, 0) is 4.74 Å². The zero-order chi connectivity index (χ0) is 23.4. The van der Waals surface area contributed by atoms with E-state index in [1.54, 1.807) is 25.7 Å². The minimum absolute atomic E-state index is 0.238. The van der Waals surface area contributed by atoms with Crippen LogP contribution in [0.4, 0.5) is 4.39 Å². The van der Waals surface area contributed by atoms with Gasteiger partial charge in [0.25, 0.3) is 5.91 Å². The van der Waals surface area contributed by atoms with E-state index in [0.717, 1.165) is 25.7 Å². The third-order valence-corrected chi connectivity index (χ3v) is 6.45. The number of ketones is 1. The van der Waals surface area contributed by atoms with Crippen LogP contribution in [-0.4, -0.2) is 47.2 Å². The van der Waals surface area contributed by atoms with Crippen LogP contribution in [0.15, 0.2) is 24.3 Å². The SMILES string of the molecule is COC(=O)c1[nH]c(C)c(C(=O)C(C)N(CC2CCCCC2)C(=O)c2ccc(F)cc2)c1C. The number of carbonyl (C=O) groups is 3. The van der Waals surface area contributed by atoms with Gasteiger partial charge in [0.15, 0.2) is 5.78 Å². The molecule has 2 aromatic rings. The first-order chi connectivity index (χ1) is 15.2. The van der Waals surface area contributed by atoms with Gasteiger partial charge in [0.05, 0.1) is 13.2 Å². The minimum atomic E-state index is -0.742. The second-order valence-electron chi connectivity index (χ2n) is 8.63. The Morgan fingerprint density at radius 3 is 2.34 bits per heavy atom. The number of esters is 1. The molecule has 0 radical (unpaired) electrons. The summed E-state index contributed by atoms with van der Waals surface area (Å²) in [4.78, 5) is 43.6. The first-order valence-electron chi connectivity index (χ1n) is 11.1. The molecule has 1 N–H and O–H groups in total. The number of Topliss-reactive ketones (excluding diaryl/α,β-unsaturated/α-hetero) is 1. The summed E-state index contributed by atoms with van der Waals surface area (Å²) in [5.74, 6) is -1.17. The highest BCUT2D eigenvalue weighted by Crippen LogP contribution is 2.28. The molecule has 0 spiro atoms. The van der Waals surface area contributed by atoms with Gasteiger partial charge in [-0.25, -0.2) is 9.18 Å². The quantitative estimate of drug-likeness (QED) is 0.491. The number of nitrogens with zero attached hydrogens (tertiary/aromatic N) is 1. The molecule has 1 unspecified atom stereocenters. The number of aromatic nitrogens is 1. The van der Waals surface area contributed by atoms with E-state index in [1.165, 1.54) is 37.8 Å². The Kier molecular flexibility index (Phi) is 7.48. The van der Waals surface area contributed by atoms with E-state index in [2.05, 4.69) is 4.98 Å². The maximum absolute atomic E-state index is 13.6. The van der Waals surface area contributed by atoms with Crippen molar-refractivity contribution >= 4 is 17.7 Å². The summed E-state index contributed by atoms with van der Waals surface area (Å²) in [6, 6.07) is 4.66. The van der Waals surface area contributed by atoms with E-state index in [9.17, 15) is 18.8 Å². The highest BCUT2D eigenvalue weighted by molar-refractivity contribution is 6.07. The number of methoxy groups -OCH3 is 1. The van der Waals surface area contributed by atoms with Crippen molar-refractivity contribution in [2.45, 2.75) is 58.9 Å². The van der Waals surface area contributed by atoms with Crippen molar-refractivity contribution in [3.8, 4) is 0 Å². The number of hydrogen-bond donors (Lipinski definition) is 1. The lowest BCUT2D eigenvalue weighted by molar-refractivity contribution is 0.0577. The van der Waals surface area contributed by atoms with E-state index >= 15 is 0 Å². The zero-order valence-electron chi connectivity index (χ0n) is 19.2. The summed E-state index contributed by atoms with van der Waals surface area (Å²) in [5, 5.41) is 0. The third-order valence-electron chi connectivity index (χ3n) is 6.45. The Morgan fingerprint density at radius 2 is 1.75 bits per heavy atom. The molecule has 1 aromatic heterocycles. The second kappa shape index (κ2) is 10.1. The number of H-pyrrole nitrogens is 1. The lowest BCUT2D eigenvalue weighted by atomic mass is 9.88. The predicted molar refractivity (Wildman–Crippen MR) is 119 cm³/mol. The van der Waals surface area contributed by atoms with Crippen molar-refractivity contribution in [1.29, 1.82) is 0 Å². The summed E-state index contributed by atoms with van der Waals surface area (Å²) in [7, 11) is 1.29. The van der Waals surface area contributed by atoms with Crippen molar-refractivity contribution in [3.05, 3.63) is 58.2 Å². The van der Waals surface area contributed by atoms with Crippen molar-refractivity contribution in [3.63, 3.8) is 0 Å². The van der Waals surface area contributed by atoms with Gasteiger partial charge in [0.2, 0.25) is 0 Å². The molecule has 6 nitrogen and oxygen atoms in total. The van der Waals surface area contributed by atoms with Gasteiger partial charge < -0.3 is 14.6 Å². The van der Waals surface area contributed by atoms with Gasteiger partial charge >= 0.3 is 5.97 Å². The fraction of sp³-hybridized carbons (Fsp3) is 0.480. The molecule has 1 aliphatic rings. The van der Waals surface area contributed by atoms with Crippen LogP contribution in [0.25, 0.3) is 0 Å². The van der Waals surface area contributed by atoms with Crippen LogP contribution >= 0.6 is 0 Å². The molecule has 0 saturated heterocycles. The highest BCUT2D eigenvalue weighted by atomic mass is 19.1. The molecule has 32 heavy (non-hydrogen) atoms. The van der Waals surface area contributed by atoms with E-state index in [4.69, 9.17) is 4.74 Å². The largest absolute Gasteiger partial charge is 0.464 e. The smallest absolute Gasteiger partial charge is 0.354 e. The van der Waals surface area contributed by atoms with Gasteiger partial charge in [-0.05, 0) is 69.4 Å². The van der Waals surface area contributed by atoms with Gasteiger partial charge in [-0.15, -0.1) is 0 Å². The number of carbonyl (C=O) groups excluding carboxylic acids is 3. The maximum atomic E-state index is 13.6. The minimum Gasteiger partial charge on any atom is -0.464 e. The standard InChI is InChI=1S/C25H31FN2O4/c1-15-21(16(2)27-22(15)25(31)32-4)23(29)17(3)28(14-18-8-6-5-7-9-18)24(30)19-10-12-20(26)13-11-19/h10-13,17-18,27H,5-9,14H2,1-4H3. The molecule has 1 heterocycles. The van der Waals surface area contributed by atoms with Gasteiger partial charge in [0, 0.05) is 23.4 Å². The number of halogens is 1. The maximum Gasteiger partial charge on any atom is 0.354 e. The van der Waals surface area contributed by atoms with E-state index in [-0.39, 0.29) is 17.4 Å². The van der Waals surface area contributed by atoms with E-state index in [0.29, 0.717) is 34.8 Å². The predicted octanol–water partition coefficient (Wildman–Crippen LogP) is 4.85. The van der Waals surface area contributed by atoms with Gasteiger partial charge in [-0.1, -0.05) is 19.3 Å². The fourth-order valence-corrected chi connectivity index (χ4v) is 4.60. The monoisotopic (exact) mass is 442 g/mol. The molecule has 1 saturated carbocycles. The van der Waals surface area contributed by atoms with Gasteiger partial charge in [-0.2, -0.15) is 0 Å². The molecule has 7 heteroatoms. The molecule has 1 aliphatic carbocycles. The van der Waals surface area contributed by atoms with Gasteiger partial charge in [-0.3, -0.25) is 9.59 Å². The molecular weight excluding hydrogens is 411 g/mol. The molecule has 172 valence electrons. The molecule has 0 bridgehead atoms. The molecule has 3 rings (SSSR count). The Morgan fingerprint density at radius 1 is 1.12 bits per heavy atom. The Labute approximate surface area is 188 Å². The Balaban J connectivity index is 1.93. The molecular formula is C25H31FN2O4. The number of rotatable bonds is 7. The van der Waals surface area contributed by atoms with Crippen LogP contribution in [0, 0.1) is 25.6 Å². The lowest BCUT2D eigenvalue weighted by Gasteiger charge is -2.33. The summed E-state index contributed by atoms with van der Waals surface area (Å²) in [6.07, 6.45) is 5.45. The number of aromatic amines is 1. The van der Waals surface area contributed by atoms with Crippen LogP contribution < -0.4 is 0 Å². The van der Waals surface area contributed by atoms with Crippen LogP contribution in [0.2, 0.25) is 0 Å². The van der Waals surface area contributed by atoms with Crippen molar-refractivity contribution in [2.24, 2.45) is 5.92 Å². The zero-order valence-corrected chi connectivity index (χ0v) is 19.2. The van der Waals surface area contributed by atoms with Crippen LogP contribution in [0.1, 0.15) is 81.5 Å². The topological polar surface area (TPSA) is 79.5 Å². The number of amides is 1. The van der Waals surface area contributed by atoms with Crippen molar-refractivity contribution in [1.82, 2.24) is 9.88 Å².